The quantitative estimate of drug-likeness (QED) is 0.661. The highest BCUT2D eigenvalue weighted by atomic mass is 15.2. The molecule has 1 fully saturated rings. The van der Waals surface area contributed by atoms with Gasteiger partial charge in [0.25, 0.3) is 0 Å². The second kappa shape index (κ2) is 6.31. The number of rotatable bonds is 2. The fourth-order valence-corrected chi connectivity index (χ4v) is 4.01. The van der Waals surface area contributed by atoms with E-state index in [0.717, 1.165) is 6.54 Å². The van der Waals surface area contributed by atoms with Crippen molar-refractivity contribution in [2.75, 3.05) is 33.2 Å². The van der Waals surface area contributed by atoms with Crippen molar-refractivity contribution in [3.05, 3.63) is 60.2 Å². The number of hydrogen-bond donors (Lipinski definition) is 2. The van der Waals surface area contributed by atoms with Crippen molar-refractivity contribution in [1.82, 2.24) is 0 Å². The normalized spacial score (nSPS) is 22.3. The summed E-state index contributed by atoms with van der Waals surface area (Å²) in [6, 6.07) is 20.1. The summed E-state index contributed by atoms with van der Waals surface area (Å²) in [5.41, 5.74) is 1.54. The van der Waals surface area contributed by atoms with Crippen LogP contribution in [0.15, 0.2) is 54.6 Å². The van der Waals surface area contributed by atoms with Crippen LogP contribution in [0.4, 0.5) is 0 Å². The van der Waals surface area contributed by atoms with Crippen LogP contribution in [-0.4, -0.2) is 33.2 Å². The minimum atomic E-state index is 1.15. The Bertz CT molecular complexity index is 770. The monoisotopic (exact) mass is 306 g/mol. The van der Waals surface area contributed by atoms with E-state index in [1.807, 2.05) is 0 Å². The lowest BCUT2D eigenvalue weighted by Crippen LogP contribution is -3.15. The Balaban J connectivity index is 1.79. The first-order valence-corrected chi connectivity index (χ1v) is 8.85. The highest BCUT2D eigenvalue weighted by Crippen LogP contribution is 2.27. The molecule has 2 N–H and O–H groups in total. The summed E-state index contributed by atoms with van der Waals surface area (Å²) in [6.07, 6.45) is 1.34. The number of hydrogen-bond acceptors (Lipinski definition) is 0. The first-order valence-electron chi connectivity index (χ1n) is 8.85. The molecule has 118 valence electrons. The lowest BCUT2D eigenvalue weighted by Gasteiger charge is -2.19. The smallest absolute Gasteiger partial charge is 0.127 e. The van der Waals surface area contributed by atoms with Gasteiger partial charge in [-0.1, -0.05) is 48.5 Å². The second-order valence-corrected chi connectivity index (χ2v) is 7.03. The Labute approximate surface area is 138 Å². The van der Waals surface area contributed by atoms with Gasteiger partial charge in [-0.3, -0.25) is 0 Å². The van der Waals surface area contributed by atoms with Crippen molar-refractivity contribution in [3.8, 4) is 0 Å². The maximum absolute atomic E-state index is 2.34. The molecule has 3 aromatic rings. The molecule has 0 spiro atoms. The number of quaternary nitrogens is 2. The van der Waals surface area contributed by atoms with E-state index in [4.69, 9.17) is 0 Å². The minimum absolute atomic E-state index is 1.15. The minimum Gasteiger partial charge on any atom is -0.333 e. The van der Waals surface area contributed by atoms with Crippen LogP contribution in [-0.2, 0) is 6.54 Å². The van der Waals surface area contributed by atoms with Crippen molar-refractivity contribution < 1.29 is 9.80 Å². The van der Waals surface area contributed by atoms with Gasteiger partial charge >= 0.3 is 0 Å². The molecule has 23 heavy (non-hydrogen) atoms. The molecule has 0 radical (unpaired) electrons. The summed E-state index contributed by atoms with van der Waals surface area (Å²) in [5.74, 6) is 0. The lowest BCUT2D eigenvalue weighted by molar-refractivity contribution is -0.938. The maximum atomic E-state index is 2.34. The zero-order valence-corrected chi connectivity index (χ0v) is 13.9. The van der Waals surface area contributed by atoms with E-state index in [2.05, 4.69) is 61.6 Å². The number of likely N-dealkylation sites (N-methyl/N-ethyl adjacent to an activating group) is 1. The third kappa shape index (κ3) is 2.97. The third-order valence-corrected chi connectivity index (χ3v) is 5.35. The SMILES string of the molecule is C[NH+]1CCC[NH+](Cc2c3ccccc3cc3ccccc23)CC1. The van der Waals surface area contributed by atoms with Crippen LogP contribution >= 0.6 is 0 Å². The fourth-order valence-electron chi connectivity index (χ4n) is 4.01. The van der Waals surface area contributed by atoms with Crippen molar-refractivity contribution >= 4 is 21.5 Å². The zero-order chi connectivity index (χ0) is 15.6. The molecule has 1 aliphatic rings. The fraction of sp³-hybridized carbons (Fsp3) is 0.333. The van der Waals surface area contributed by atoms with Gasteiger partial charge in [-0.25, -0.2) is 0 Å². The molecular weight excluding hydrogens is 280 g/mol. The second-order valence-electron chi connectivity index (χ2n) is 7.03. The van der Waals surface area contributed by atoms with E-state index >= 15 is 0 Å². The molecule has 4 rings (SSSR count). The number of nitrogens with one attached hydrogen (secondary N) is 2. The summed E-state index contributed by atoms with van der Waals surface area (Å²) in [4.78, 5) is 3.42. The molecular formula is C21H26N2+2. The van der Waals surface area contributed by atoms with Gasteiger partial charge in [-0.05, 0) is 27.6 Å². The average molecular weight is 306 g/mol. The third-order valence-electron chi connectivity index (χ3n) is 5.35. The van der Waals surface area contributed by atoms with Crippen LogP contribution in [0.5, 0.6) is 0 Å². The molecule has 3 aromatic carbocycles. The highest BCUT2D eigenvalue weighted by molar-refractivity contribution is 6.02. The van der Waals surface area contributed by atoms with Crippen LogP contribution in [0.25, 0.3) is 21.5 Å². The van der Waals surface area contributed by atoms with Gasteiger partial charge < -0.3 is 9.80 Å². The Kier molecular flexibility index (Phi) is 4.02. The number of fused-ring (bicyclic) bond motifs is 2. The average Bonchev–Trinajstić information content (AvgIpc) is 2.79. The van der Waals surface area contributed by atoms with Crippen molar-refractivity contribution in [3.63, 3.8) is 0 Å². The summed E-state index contributed by atoms with van der Waals surface area (Å²) in [7, 11) is 2.33. The zero-order valence-electron chi connectivity index (χ0n) is 13.9. The van der Waals surface area contributed by atoms with Gasteiger partial charge in [-0.2, -0.15) is 0 Å². The van der Waals surface area contributed by atoms with Gasteiger partial charge in [0.2, 0.25) is 0 Å². The predicted octanol–water partition coefficient (Wildman–Crippen LogP) is 1.30. The largest absolute Gasteiger partial charge is 0.333 e. The van der Waals surface area contributed by atoms with Gasteiger partial charge in [-0.15, -0.1) is 0 Å². The summed E-state index contributed by atoms with van der Waals surface area (Å²) < 4.78 is 0. The van der Waals surface area contributed by atoms with E-state index in [-0.39, 0.29) is 0 Å². The van der Waals surface area contributed by atoms with Gasteiger partial charge in [0.15, 0.2) is 0 Å². The van der Waals surface area contributed by atoms with Gasteiger partial charge in [0.1, 0.15) is 19.6 Å². The van der Waals surface area contributed by atoms with E-state index in [1.54, 1.807) is 9.80 Å². The standard InChI is InChI=1S/C21H24N2/c1-22-11-6-12-23(14-13-22)16-21-19-9-4-2-7-17(19)15-18-8-3-5-10-20(18)21/h2-5,7-10,15H,6,11-14,16H2,1H3/p+2. The molecule has 2 nitrogen and oxygen atoms in total. The molecule has 0 aliphatic carbocycles. The van der Waals surface area contributed by atoms with Crippen LogP contribution in [0.2, 0.25) is 0 Å². The van der Waals surface area contributed by atoms with E-state index in [9.17, 15) is 0 Å². The van der Waals surface area contributed by atoms with Crippen molar-refractivity contribution in [2.45, 2.75) is 13.0 Å². The molecule has 2 atom stereocenters. The summed E-state index contributed by atoms with van der Waals surface area (Å²) in [6.45, 7) is 6.34. The van der Waals surface area contributed by atoms with E-state index in [0.29, 0.717) is 0 Å². The molecule has 0 bridgehead atoms. The first kappa shape index (κ1) is 14.7. The Hall–Kier alpha value is -1.90. The molecule has 0 aromatic heterocycles. The molecule has 2 heteroatoms. The number of benzene rings is 3. The molecule has 0 amide bonds. The summed E-state index contributed by atoms with van der Waals surface area (Å²) in [5, 5.41) is 5.61. The molecule has 2 unspecified atom stereocenters. The lowest BCUT2D eigenvalue weighted by atomic mass is 9.96. The highest BCUT2D eigenvalue weighted by Gasteiger charge is 2.19. The molecule has 1 heterocycles. The van der Waals surface area contributed by atoms with E-state index in [1.165, 1.54) is 59.7 Å². The Morgan fingerprint density at radius 2 is 1.43 bits per heavy atom. The molecule has 1 aliphatic heterocycles. The van der Waals surface area contributed by atoms with Crippen molar-refractivity contribution in [1.29, 1.82) is 0 Å². The maximum Gasteiger partial charge on any atom is 0.127 e. The van der Waals surface area contributed by atoms with Gasteiger partial charge in [0.05, 0.1) is 20.1 Å². The van der Waals surface area contributed by atoms with Gasteiger partial charge in [0, 0.05) is 12.0 Å². The van der Waals surface area contributed by atoms with Crippen LogP contribution in [0, 0.1) is 0 Å². The predicted molar refractivity (Wildman–Crippen MR) is 97.1 cm³/mol. The molecule has 1 saturated heterocycles. The van der Waals surface area contributed by atoms with Crippen LogP contribution in [0.3, 0.4) is 0 Å². The van der Waals surface area contributed by atoms with Crippen LogP contribution in [0.1, 0.15) is 12.0 Å². The van der Waals surface area contributed by atoms with Crippen LogP contribution < -0.4 is 9.80 Å². The van der Waals surface area contributed by atoms with E-state index < -0.39 is 0 Å². The Morgan fingerprint density at radius 1 is 0.783 bits per heavy atom. The first-order chi connectivity index (χ1) is 11.3. The van der Waals surface area contributed by atoms with Crippen molar-refractivity contribution in [2.24, 2.45) is 0 Å². The topological polar surface area (TPSA) is 8.88 Å². The Morgan fingerprint density at radius 3 is 2.13 bits per heavy atom. The molecule has 0 saturated carbocycles. The summed E-state index contributed by atoms with van der Waals surface area (Å²) >= 11 is 0.